The van der Waals surface area contributed by atoms with E-state index >= 15 is 0 Å². The second kappa shape index (κ2) is 6.70. The van der Waals surface area contributed by atoms with Gasteiger partial charge in [-0.3, -0.25) is 9.69 Å². The van der Waals surface area contributed by atoms with Gasteiger partial charge in [0.2, 0.25) is 0 Å². The summed E-state index contributed by atoms with van der Waals surface area (Å²) >= 11 is 1.45. The molecule has 1 aliphatic heterocycles. The molecule has 1 amide bonds. The number of carbonyl (C=O) groups is 1. The monoisotopic (exact) mass is 367 g/mol. The molecule has 0 fully saturated rings. The largest absolute Gasteiger partial charge is 0.380 e. The lowest BCUT2D eigenvalue weighted by molar-refractivity contribution is 0.0990. The lowest BCUT2D eigenvalue weighted by Gasteiger charge is -2.29. The fraction of sp³-hybridized carbons (Fsp3) is 0.300. The number of nitrogens with zero attached hydrogens (tertiary/aromatic N) is 2. The van der Waals surface area contributed by atoms with E-state index in [-0.39, 0.29) is 5.91 Å². The van der Waals surface area contributed by atoms with Crippen LogP contribution in [0.1, 0.15) is 33.4 Å². The minimum absolute atomic E-state index is 0.0312. The smallest absolute Gasteiger partial charge is 0.272 e. The molecule has 3 aromatic rings. The predicted octanol–water partition coefficient (Wildman–Crippen LogP) is 4.34. The normalized spacial score (nSPS) is 13.8. The Morgan fingerprint density at radius 1 is 1.31 bits per heavy atom. The Morgan fingerprint density at radius 2 is 2.12 bits per heavy atom. The zero-order valence-corrected chi connectivity index (χ0v) is 15.9. The van der Waals surface area contributed by atoms with Gasteiger partial charge in [-0.1, -0.05) is 25.1 Å². The third-order valence-electron chi connectivity index (χ3n) is 4.69. The van der Waals surface area contributed by atoms with Crippen LogP contribution in [0.3, 0.4) is 0 Å². The van der Waals surface area contributed by atoms with E-state index in [9.17, 15) is 4.79 Å². The van der Waals surface area contributed by atoms with Crippen LogP contribution in [-0.2, 0) is 17.8 Å². The number of pyridine rings is 1. The molecule has 4 rings (SSSR count). The van der Waals surface area contributed by atoms with Gasteiger partial charge >= 0.3 is 0 Å². The van der Waals surface area contributed by atoms with Crippen LogP contribution in [-0.4, -0.2) is 24.7 Å². The molecule has 0 saturated carbocycles. The summed E-state index contributed by atoms with van der Waals surface area (Å²) in [6.45, 7) is 5.03. The van der Waals surface area contributed by atoms with Gasteiger partial charge in [0, 0.05) is 23.9 Å². The predicted molar refractivity (Wildman–Crippen MR) is 106 cm³/mol. The Balaban J connectivity index is 1.83. The van der Waals surface area contributed by atoms with E-state index in [1.54, 1.807) is 7.11 Å². The van der Waals surface area contributed by atoms with E-state index in [2.05, 4.69) is 23.3 Å². The molecule has 3 heterocycles. The van der Waals surface area contributed by atoms with Crippen molar-refractivity contribution < 1.29 is 9.53 Å². The molecule has 134 valence electrons. The molecule has 1 aliphatic rings. The van der Waals surface area contributed by atoms with Crippen LogP contribution < -0.4 is 10.2 Å². The number of amides is 1. The van der Waals surface area contributed by atoms with Gasteiger partial charge in [0.05, 0.1) is 19.0 Å². The van der Waals surface area contributed by atoms with Gasteiger partial charge in [0.1, 0.15) is 9.71 Å². The molecule has 5 nitrogen and oxygen atoms in total. The van der Waals surface area contributed by atoms with Crippen LogP contribution in [0, 0.1) is 6.92 Å². The van der Waals surface area contributed by atoms with Crippen LogP contribution in [0.15, 0.2) is 30.3 Å². The Hall–Kier alpha value is -2.44. The molecule has 0 unspecified atom stereocenters. The molecular formula is C20H21N3O2S. The summed E-state index contributed by atoms with van der Waals surface area (Å²) in [6.07, 6.45) is 0.887. The number of methoxy groups -OCH3 is 1. The standard InChI is InChI=1S/C20H21N3O2S/c1-4-13-7-5-6-8-15(13)23-11-21-17-16-14(10-25-3)9-12(2)22-19(16)26-18(17)20(23)24/h5-9,21H,4,10-11H2,1-3H3. The number of thiophene rings is 1. The number of para-hydroxylation sites is 1. The minimum Gasteiger partial charge on any atom is -0.380 e. The van der Waals surface area contributed by atoms with E-state index in [0.29, 0.717) is 18.2 Å². The zero-order chi connectivity index (χ0) is 18.3. The van der Waals surface area contributed by atoms with Crippen LogP contribution in [0.5, 0.6) is 0 Å². The van der Waals surface area contributed by atoms with Gasteiger partial charge in [-0.15, -0.1) is 11.3 Å². The summed E-state index contributed by atoms with van der Waals surface area (Å²) in [5.41, 5.74) is 5.02. The SMILES string of the molecule is CCc1ccccc1N1CNc2c(sc3nc(C)cc(COC)c23)C1=O. The maximum absolute atomic E-state index is 13.2. The molecule has 6 heteroatoms. The molecule has 0 aliphatic carbocycles. The highest BCUT2D eigenvalue weighted by molar-refractivity contribution is 7.21. The Bertz CT molecular complexity index is 996. The van der Waals surface area contributed by atoms with E-state index in [0.717, 1.165) is 39.3 Å². The number of aromatic nitrogens is 1. The molecule has 0 bridgehead atoms. The molecule has 0 radical (unpaired) electrons. The maximum Gasteiger partial charge on any atom is 0.272 e. The number of carbonyl (C=O) groups excluding carboxylic acids is 1. The van der Waals surface area contributed by atoms with Gasteiger partial charge in [-0.25, -0.2) is 4.98 Å². The Labute approximate surface area is 156 Å². The summed E-state index contributed by atoms with van der Waals surface area (Å²) in [4.78, 5) is 21.3. The Kier molecular flexibility index (Phi) is 4.38. The van der Waals surface area contributed by atoms with E-state index < -0.39 is 0 Å². The van der Waals surface area contributed by atoms with Crippen molar-refractivity contribution >= 4 is 38.8 Å². The zero-order valence-electron chi connectivity index (χ0n) is 15.1. The van der Waals surface area contributed by atoms with Crippen molar-refractivity contribution in [1.82, 2.24) is 4.98 Å². The second-order valence-corrected chi connectivity index (χ2v) is 7.39. The first-order chi connectivity index (χ1) is 12.6. The highest BCUT2D eigenvalue weighted by Gasteiger charge is 2.31. The van der Waals surface area contributed by atoms with E-state index in [4.69, 9.17) is 4.74 Å². The molecule has 0 spiro atoms. The quantitative estimate of drug-likeness (QED) is 0.745. The number of fused-ring (bicyclic) bond motifs is 3. The summed E-state index contributed by atoms with van der Waals surface area (Å²) in [7, 11) is 1.68. The van der Waals surface area contributed by atoms with Crippen molar-refractivity contribution in [3.63, 3.8) is 0 Å². The lowest BCUT2D eigenvalue weighted by Crippen LogP contribution is -2.39. The summed E-state index contributed by atoms with van der Waals surface area (Å²) in [5.74, 6) is 0.0312. The number of anilines is 2. The highest BCUT2D eigenvalue weighted by Crippen LogP contribution is 2.41. The maximum atomic E-state index is 13.2. The highest BCUT2D eigenvalue weighted by atomic mass is 32.1. The van der Waals surface area contributed by atoms with Gasteiger partial charge in [0.25, 0.3) is 5.91 Å². The van der Waals surface area contributed by atoms with Crippen LogP contribution in [0.4, 0.5) is 11.4 Å². The number of hydrogen-bond acceptors (Lipinski definition) is 5. The third-order valence-corrected chi connectivity index (χ3v) is 5.76. The third kappa shape index (κ3) is 2.66. The molecule has 1 aromatic carbocycles. The Morgan fingerprint density at radius 3 is 2.88 bits per heavy atom. The minimum atomic E-state index is 0.0312. The number of nitrogens with one attached hydrogen (secondary N) is 1. The van der Waals surface area contributed by atoms with Gasteiger partial charge in [-0.2, -0.15) is 0 Å². The first kappa shape index (κ1) is 17.0. The average Bonchev–Trinajstić information content (AvgIpc) is 3.01. The van der Waals surface area contributed by atoms with Gasteiger partial charge in [-0.05, 0) is 36.6 Å². The number of ether oxygens (including phenoxy) is 1. The lowest BCUT2D eigenvalue weighted by atomic mass is 10.1. The summed E-state index contributed by atoms with van der Waals surface area (Å²) in [5, 5.41) is 4.46. The molecular weight excluding hydrogens is 346 g/mol. The molecule has 1 N–H and O–H groups in total. The number of hydrogen-bond donors (Lipinski definition) is 1. The van der Waals surface area contributed by atoms with Crippen molar-refractivity contribution in [2.45, 2.75) is 26.9 Å². The molecule has 26 heavy (non-hydrogen) atoms. The van der Waals surface area contributed by atoms with Crippen molar-refractivity contribution in [1.29, 1.82) is 0 Å². The number of rotatable bonds is 4. The first-order valence-corrected chi connectivity index (χ1v) is 9.51. The van der Waals surface area contributed by atoms with Gasteiger partial charge < -0.3 is 10.1 Å². The van der Waals surface area contributed by atoms with Crippen LogP contribution in [0.2, 0.25) is 0 Å². The molecule has 0 saturated heterocycles. The summed E-state index contributed by atoms with van der Waals surface area (Å²) in [6, 6.07) is 10.1. The first-order valence-electron chi connectivity index (χ1n) is 8.69. The van der Waals surface area contributed by atoms with E-state index in [1.165, 1.54) is 16.9 Å². The van der Waals surface area contributed by atoms with Crippen molar-refractivity contribution in [3.8, 4) is 0 Å². The molecule has 2 aromatic heterocycles. The number of benzene rings is 1. The van der Waals surface area contributed by atoms with Crippen molar-refractivity contribution in [2.24, 2.45) is 0 Å². The van der Waals surface area contributed by atoms with Crippen molar-refractivity contribution in [3.05, 3.63) is 52.0 Å². The van der Waals surface area contributed by atoms with Crippen LogP contribution in [0.25, 0.3) is 10.2 Å². The fourth-order valence-electron chi connectivity index (χ4n) is 3.52. The molecule has 0 atom stereocenters. The van der Waals surface area contributed by atoms with Crippen molar-refractivity contribution in [2.75, 3.05) is 24.0 Å². The summed E-state index contributed by atoms with van der Waals surface area (Å²) < 4.78 is 5.35. The average molecular weight is 367 g/mol. The van der Waals surface area contributed by atoms with Crippen LogP contribution >= 0.6 is 11.3 Å². The van der Waals surface area contributed by atoms with E-state index in [1.807, 2.05) is 36.1 Å². The number of aryl methyl sites for hydroxylation is 2. The topological polar surface area (TPSA) is 54.5 Å². The fourth-order valence-corrected chi connectivity index (χ4v) is 4.71. The van der Waals surface area contributed by atoms with Gasteiger partial charge in [0.15, 0.2) is 0 Å². The second-order valence-electron chi connectivity index (χ2n) is 6.39.